The number of hydrogen-bond donors (Lipinski definition) is 3. The number of aryl methyl sites for hydroxylation is 2. The maximum absolute atomic E-state index is 14.2. The predicted octanol–water partition coefficient (Wildman–Crippen LogP) is 5.63. The van der Waals surface area contributed by atoms with Gasteiger partial charge in [0, 0.05) is 17.3 Å². The van der Waals surface area contributed by atoms with Crippen LogP contribution in [0.15, 0.2) is 18.2 Å². The van der Waals surface area contributed by atoms with Crippen LogP contribution in [-0.2, 0) is 14.3 Å². The van der Waals surface area contributed by atoms with Gasteiger partial charge in [-0.05, 0) is 73.3 Å². The summed E-state index contributed by atoms with van der Waals surface area (Å²) in [5.41, 5.74) is 1.41. The first-order valence-electron chi connectivity index (χ1n) is 13.5. The lowest BCUT2D eigenvalue weighted by molar-refractivity contribution is -0.149. The molecule has 37 heavy (non-hydrogen) atoms. The third kappa shape index (κ3) is 8.94. The number of hydrogen-bond acceptors (Lipinski definition) is 5. The molecule has 0 heterocycles. The minimum Gasteiger partial charge on any atom is -0.444 e. The summed E-state index contributed by atoms with van der Waals surface area (Å²) in [6.07, 6.45) is 5.16. The molecular formula is C29H47N3O4S. The fraction of sp³-hybridized carbons (Fsp3) is 0.690. The van der Waals surface area contributed by atoms with Crippen LogP contribution in [0.4, 0.5) is 4.79 Å². The van der Waals surface area contributed by atoms with Gasteiger partial charge in [0.1, 0.15) is 17.7 Å². The van der Waals surface area contributed by atoms with Crippen LogP contribution < -0.4 is 10.6 Å². The van der Waals surface area contributed by atoms with E-state index in [-0.39, 0.29) is 23.6 Å². The Balaban J connectivity index is 2.55. The first kappa shape index (κ1) is 31.0. The maximum atomic E-state index is 14.2. The Morgan fingerprint density at radius 1 is 1.03 bits per heavy atom. The molecule has 2 unspecified atom stereocenters. The summed E-state index contributed by atoms with van der Waals surface area (Å²) in [5, 5.41) is 5.94. The fourth-order valence-corrected chi connectivity index (χ4v) is 5.11. The minimum absolute atomic E-state index is 0.0676. The zero-order valence-electron chi connectivity index (χ0n) is 23.9. The van der Waals surface area contributed by atoms with Gasteiger partial charge in [0.2, 0.25) is 11.8 Å². The summed E-state index contributed by atoms with van der Waals surface area (Å²) < 4.78 is 5.40. The van der Waals surface area contributed by atoms with Gasteiger partial charge in [0.25, 0.3) is 0 Å². The highest BCUT2D eigenvalue weighted by molar-refractivity contribution is 7.80. The average Bonchev–Trinajstić information content (AvgIpc) is 2.79. The summed E-state index contributed by atoms with van der Waals surface area (Å²) in [7, 11) is 0. The van der Waals surface area contributed by atoms with Gasteiger partial charge < -0.3 is 20.3 Å². The molecule has 1 aromatic rings. The Morgan fingerprint density at radius 3 is 2.08 bits per heavy atom. The number of benzene rings is 1. The second kappa shape index (κ2) is 13.0. The van der Waals surface area contributed by atoms with E-state index in [0.717, 1.165) is 42.4 Å². The lowest BCUT2D eigenvalue weighted by Gasteiger charge is -2.45. The van der Waals surface area contributed by atoms with Crippen LogP contribution in [0.2, 0.25) is 0 Å². The molecule has 1 fully saturated rings. The minimum atomic E-state index is -0.958. The quantitative estimate of drug-likeness (QED) is 0.359. The number of amides is 3. The van der Waals surface area contributed by atoms with Gasteiger partial charge in [-0.3, -0.25) is 9.59 Å². The van der Waals surface area contributed by atoms with Gasteiger partial charge in [-0.25, -0.2) is 4.79 Å². The molecule has 208 valence electrons. The zero-order valence-corrected chi connectivity index (χ0v) is 24.8. The van der Waals surface area contributed by atoms with E-state index in [2.05, 4.69) is 29.3 Å². The van der Waals surface area contributed by atoms with Gasteiger partial charge >= 0.3 is 6.09 Å². The van der Waals surface area contributed by atoms with Crippen LogP contribution in [0.5, 0.6) is 0 Å². The third-order valence-corrected chi connectivity index (χ3v) is 7.31. The van der Waals surface area contributed by atoms with E-state index in [4.69, 9.17) is 4.74 Å². The molecule has 1 aliphatic carbocycles. The standard InChI is InChI=1S/C29H47N3O4S/c1-9-29(7,8)32(26(34)23(18-37)31-27(35)36-28(4,5)6)24(21-16-19(2)15-20(3)17-21)25(33)30-22-13-11-10-12-14-22/h15-17,22-24,37H,9-14,18H2,1-8H3,(H,30,33)(H,31,35). The van der Waals surface area contributed by atoms with E-state index in [0.29, 0.717) is 6.42 Å². The van der Waals surface area contributed by atoms with Gasteiger partial charge in [-0.2, -0.15) is 12.6 Å². The van der Waals surface area contributed by atoms with Crippen molar-refractivity contribution in [2.24, 2.45) is 0 Å². The second-order valence-electron chi connectivity index (χ2n) is 11.9. The van der Waals surface area contributed by atoms with E-state index in [9.17, 15) is 14.4 Å². The van der Waals surface area contributed by atoms with Gasteiger partial charge in [-0.1, -0.05) is 55.5 Å². The van der Waals surface area contributed by atoms with Crippen LogP contribution in [-0.4, -0.2) is 51.8 Å². The summed E-state index contributed by atoms with van der Waals surface area (Å²) >= 11 is 4.39. The maximum Gasteiger partial charge on any atom is 0.408 e. The Labute approximate surface area is 228 Å². The number of carbonyl (C=O) groups is 3. The van der Waals surface area contributed by atoms with Crippen molar-refractivity contribution in [2.75, 3.05) is 5.75 Å². The topological polar surface area (TPSA) is 87.7 Å². The molecule has 1 aliphatic rings. The molecule has 2 N–H and O–H groups in total. The van der Waals surface area contributed by atoms with Crippen molar-refractivity contribution in [3.63, 3.8) is 0 Å². The molecule has 0 spiro atoms. The Bertz CT molecular complexity index is 931. The van der Waals surface area contributed by atoms with Crippen molar-refractivity contribution < 1.29 is 19.1 Å². The van der Waals surface area contributed by atoms with Crippen LogP contribution in [0.3, 0.4) is 0 Å². The Hall–Kier alpha value is -2.22. The van der Waals surface area contributed by atoms with Gasteiger partial charge in [0.05, 0.1) is 0 Å². The average molecular weight is 534 g/mol. The monoisotopic (exact) mass is 533 g/mol. The van der Waals surface area contributed by atoms with Crippen LogP contribution in [0.1, 0.15) is 103 Å². The number of thiol groups is 1. The molecule has 1 saturated carbocycles. The SMILES string of the molecule is CCC(C)(C)N(C(=O)C(CS)NC(=O)OC(C)(C)C)C(C(=O)NC1CCCCC1)c1cc(C)cc(C)c1. The molecule has 0 aromatic heterocycles. The fourth-order valence-electron chi connectivity index (χ4n) is 4.86. The second-order valence-corrected chi connectivity index (χ2v) is 12.3. The molecule has 1 aromatic carbocycles. The summed E-state index contributed by atoms with van der Waals surface area (Å²) in [6, 6.07) is 4.28. The first-order valence-corrected chi connectivity index (χ1v) is 14.1. The predicted molar refractivity (Wildman–Crippen MR) is 152 cm³/mol. The van der Waals surface area contributed by atoms with Crippen molar-refractivity contribution in [1.82, 2.24) is 15.5 Å². The van der Waals surface area contributed by atoms with Gasteiger partial charge in [0.15, 0.2) is 0 Å². The zero-order chi connectivity index (χ0) is 28.0. The smallest absolute Gasteiger partial charge is 0.408 e. The molecule has 2 atom stereocenters. The van der Waals surface area contributed by atoms with E-state index in [1.807, 2.05) is 46.8 Å². The molecule has 0 radical (unpaired) electrons. The summed E-state index contributed by atoms with van der Waals surface area (Å²) in [4.78, 5) is 42.4. The number of carbonyl (C=O) groups excluding carboxylic acids is 3. The lowest BCUT2D eigenvalue weighted by Crippen LogP contribution is -2.60. The molecule has 0 bridgehead atoms. The lowest BCUT2D eigenvalue weighted by atomic mass is 9.90. The number of alkyl carbamates (subject to hydrolysis) is 1. The van der Waals surface area contributed by atoms with Crippen molar-refractivity contribution in [3.8, 4) is 0 Å². The summed E-state index contributed by atoms with van der Waals surface area (Å²) in [6.45, 7) is 15.2. The molecule has 7 nitrogen and oxygen atoms in total. The van der Waals surface area contributed by atoms with Crippen LogP contribution >= 0.6 is 12.6 Å². The highest BCUT2D eigenvalue weighted by atomic mass is 32.1. The highest BCUT2D eigenvalue weighted by Crippen LogP contribution is 2.33. The van der Waals surface area contributed by atoms with Crippen molar-refractivity contribution in [1.29, 1.82) is 0 Å². The van der Waals surface area contributed by atoms with Crippen molar-refractivity contribution >= 4 is 30.5 Å². The number of ether oxygens (including phenoxy) is 1. The van der Waals surface area contributed by atoms with E-state index in [1.165, 1.54) is 6.42 Å². The number of nitrogens with zero attached hydrogens (tertiary/aromatic N) is 1. The van der Waals surface area contributed by atoms with Crippen molar-refractivity contribution in [2.45, 2.75) is 123 Å². The largest absolute Gasteiger partial charge is 0.444 e. The van der Waals surface area contributed by atoms with E-state index < -0.39 is 29.3 Å². The summed E-state index contributed by atoms with van der Waals surface area (Å²) in [5.74, 6) is -0.490. The van der Waals surface area contributed by atoms with E-state index >= 15 is 0 Å². The molecule has 2 rings (SSSR count). The molecule has 3 amide bonds. The number of rotatable bonds is 9. The third-order valence-electron chi connectivity index (χ3n) is 6.94. The van der Waals surface area contributed by atoms with Crippen molar-refractivity contribution in [3.05, 3.63) is 34.9 Å². The number of nitrogens with one attached hydrogen (secondary N) is 2. The van der Waals surface area contributed by atoms with Gasteiger partial charge in [-0.15, -0.1) is 0 Å². The first-order chi connectivity index (χ1) is 17.2. The molecule has 0 saturated heterocycles. The van der Waals surface area contributed by atoms with E-state index in [1.54, 1.807) is 25.7 Å². The normalized spacial score (nSPS) is 16.5. The molecule has 8 heteroatoms. The van der Waals surface area contributed by atoms with Crippen LogP contribution in [0, 0.1) is 13.8 Å². The molecule has 0 aliphatic heterocycles. The Morgan fingerprint density at radius 2 is 1.59 bits per heavy atom. The Kier molecular flexibility index (Phi) is 10.9. The molecular weight excluding hydrogens is 486 g/mol. The van der Waals surface area contributed by atoms with Crippen LogP contribution in [0.25, 0.3) is 0 Å². The highest BCUT2D eigenvalue weighted by Gasteiger charge is 2.43.